The lowest BCUT2D eigenvalue weighted by Crippen LogP contribution is -2.36. The maximum Gasteiger partial charge on any atom is 0.209 e. The van der Waals surface area contributed by atoms with Crippen LogP contribution in [0.3, 0.4) is 0 Å². The SMILES string of the molecule is COc1cc(CNCc2nc3ccccc3o2)ccc1OC[C@H](O)CN(C)C(C)C. The summed E-state index contributed by atoms with van der Waals surface area (Å²) in [4.78, 5) is 6.54. The fraction of sp³-hybridized carbons (Fsp3) is 0.435. The summed E-state index contributed by atoms with van der Waals surface area (Å²) in [5, 5.41) is 13.5. The van der Waals surface area contributed by atoms with Gasteiger partial charge in [0.25, 0.3) is 0 Å². The lowest BCUT2D eigenvalue weighted by atomic mass is 10.2. The van der Waals surface area contributed by atoms with Gasteiger partial charge in [0.1, 0.15) is 18.2 Å². The number of hydrogen-bond donors (Lipinski definition) is 2. The Labute approximate surface area is 177 Å². The van der Waals surface area contributed by atoms with E-state index in [2.05, 4.69) is 29.0 Å². The topological polar surface area (TPSA) is 80.0 Å². The van der Waals surface area contributed by atoms with Crippen LogP contribution in [0.25, 0.3) is 11.1 Å². The first-order valence-electron chi connectivity index (χ1n) is 10.2. The third-order valence-corrected chi connectivity index (χ3v) is 4.98. The van der Waals surface area contributed by atoms with Gasteiger partial charge in [0.2, 0.25) is 5.89 Å². The van der Waals surface area contributed by atoms with Crippen molar-refractivity contribution in [3.05, 3.63) is 53.9 Å². The Bertz CT molecular complexity index is 908. The standard InChI is InChI=1S/C23H31N3O4/c1-16(2)26(3)14-18(27)15-29-21-10-9-17(11-22(21)28-4)12-24-13-23-25-19-7-5-6-8-20(19)30-23/h5-11,16,18,24,27H,12-15H2,1-4H3/t18-/m1/s1. The smallest absolute Gasteiger partial charge is 0.209 e. The number of nitrogens with one attached hydrogen (secondary N) is 1. The van der Waals surface area contributed by atoms with E-state index in [-0.39, 0.29) is 6.61 Å². The molecule has 7 heteroatoms. The van der Waals surface area contributed by atoms with Gasteiger partial charge in [-0.05, 0) is 50.7 Å². The van der Waals surface area contributed by atoms with Crippen molar-refractivity contribution in [3.8, 4) is 11.5 Å². The number of aromatic nitrogens is 1. The number of methoxy groups -OCH3 is 1. The number of hydrogen-bond acceptors (Lipinski definition) is 7. The van der Waals surface area contributed by atoms with Crippen molar-refractivity contribution in [2.24, 2.45) is 0 Å². The average molecular weight is 414 g/mol. The van der Waals surface area contributed by atoms with Crippen LogP contribution in [0.15, 0.2) is 46.9 Å². The van der Waals surface area contributed by atoms with E-state index in [4.69, 9.17) is 13.9 Å². The predicted molar refractivity (Wildman–Crippen MR) is 117 cm³/mol. The number of ether oxygens (including phenoxy) is 2. The number of fused-ring (bicyclic) bond motifs is 1. The first-order valence-corrected chi connectivity index (χ1v) is 10.2. The number of oxazole rings is 1. The van der Waals surface area contributed by atoms with E-state index < -0.39 is 6.10 Å². The van der Waals surface area contributed by atoms with Crippen LogP contribution in [0.4, 0.5) is 0 Å². The van der Waals surface area contributed by atoms with E-state index in [9.17, 15) is 5.11 Å². The third-order valence-electron chi connectivity index (χ3n) is 4.98. The molecule has 0 unspecified atom stereocenters. The summed E-state index contributed by atoms with van der Waals surface area (Å²) in [6.45, 7) is 6.11. The molecule has 7 nitrogen and oxygen atoms in total. The zero-order chi connectivity index (χ0) is 21.5. The number of aliphatic hydroxyl groups excluding tert-OH is 1. The molecule has 0 bridgehead atoms. The largest absolute Gasteiger partial charge is 0.493 e. The van der Waals surface area contributed by atoms with Crippen LogP contribution in [-0.4, -0.2) is 54.4 Å². The first kappa shape index (κ1) is 22.1. The molecule has 1 heterocycles. The zero-order valence-corrected chi connectivity index (χ0v) is 18.1. The maximum absolute atomic E-state index is 10.2. The summed E-state index contributed by atoms with van der Waals surface area (Å²) >= 11 is 0. The van der Waals surface area contributed by atoms with Gasteiger partial charge < -0.3 is 29.2 Å². The number of para-hydroxylation sites is 2. The van der Waals surface area contributed by atoms with Gasteiger partial charge in [-0.3, -0.25) is 0 Å². The summed E-state index contributed by atoms with van der Waals surface area (Å²) in [6, 6.07) is 13.9. The summed E-state index contributed by atoms with van der Waals surface area (Å²) in [5.74, 6) is 1.91. The van der Waals surface area contributed by atoms with E-state index in [0.717, 1.165) is 16.7 Å². The summed E-state index contributed by atoms with van der Waals surface area (Å²) < 4.78 is 17.0. The molecular formula is C23H31N3O4. The van der Waals surface area contributed by atoms with Gasteiger partial charge in [0.05, 0.1) is 13.7 Å². The molecule has 0 radical (unpaired) electrons. The van der Waals surface area contributed by atoms with Crippen LogP contribution in [0.1, 0.15) is 25.3 Å². The zero-order valence-electron chi connectivity index (χ0n) is 18.1. The van der Waals surface area contributed by atoms with Crippen molar-refractivity contribution in [1.29, 1.82) is 0 Å². The highest BCUT2D eigenvalue weighted by atomic mass is 16.5. The average Bonchev–Trinajstić information content (AvgIpc) is 3.15. The molecular weight excluding hydrogens is 382 g/mol. The lowest BCUT2D eigenvalue weighted by molar-refractivity contribution is 0.0668. The van der Waals surface area contributed by atoms with Crippen molar-refractivity contribution in [2.45, 2.75) is 39.1 Å². The fourth-order valence-corrected chi connectivity index (χ4v) is 3.03. The van der Waals surface area contributed by atoms with E-state index in [1.165, 1.54) is 0 Å². The van der Waals surface area contributed by atoms with Crippen LogP contribution in [-0.2, 0) is 13.1 Å². The molecule has 2 N–H and O–H groups in total. The Morgan fingerprint density at radius 1 is 1.13 bits per heavy atom. The van der Waals surface area contributed by atoms with Gasteiger partial charge in [-0.15, -0.1) is 0 Å². The summed E-state index contributed by atoms with van der Waals surface area (Å²) in [6.07, 6.45) is -0.570. The minimum Gasteiger partial charge on any atom is -0.493 e. The molecule has 0 aliphatic carbocycles. The molecule has 0 aliphatic rings. The van der Waals surface area contributed by atoms with Gasteiger partial charge in [0.15, 0.2) is 17.1 Å². The fourth-order valence-electron chi connectivity index (χ4n) is 3.03. The second kappa shape index (κ2) is 10.4. The molecule has 0 aliphatic heterocycles. The lowest BCUT2D eigenvalue weighted by Gasteiger charge is -2.24. The highest BCUT2D eigenvalue weighted by Crippen LogP contribution is 2.28. The van der Waals surface area contributed by atoms with Crippen LogP contribution >= 0.6 is 0 Å². The van der Waals surface area contributed by atoms with E-state index in [0.29, 0.717) is 43.1 Å². The molecule has 0 spiro atoms. The number of nitrogens with zero attached hydrogens (tertiary/aromatic N) is 2. The highest BCUT2D eigenvalue weighted by molar-refractivity contribution is 5.72. The maximum atomic E-state index is 10.2. The van der Waals surface area contributed by atoms with E-state index in [1.54, 1.807) is 7.11 Å². The Morgan fingerprint density at radius 3 is 2.67 bits per heavy atom. The minimum absolute atomic E-state index is 0.211. The van der Waals surface area contributed by atoms with Gasteiger partial charge >= 0.3 is 0 Å². The normalized spacial score (nSPS) is 12.6. The molecule has 0 saturated heterocycles. The second-order valence-electron chi connectivity index (χ2n) is 7.66. The molecule has 1 atom stereocenters. The van der Waals surface area contributed by atoms with Gasteiger partial charge in [-0.25, -0.2) is 4.98 Å². The van der Waals surface area contributed by atoms with Gasteiger partial charge in [-0.1, -0.05) is 18.2 Å². The molecule has 30 heavy (non-hydrogen) atoms. The number of rotatable bonds is 11. The van der Waals surface area contributed by atoms with Crippen molar-refractivity contribution in [1.82, 2.24) is 15.2 Å². The van der Waals surface area contributed by atoms with Crippen LogP contribution in [0, 0.1) is 0 Å². The van der Waals surface area contributed by atoms with E-state index in [1.807, 2.05) is 49.5 Å². The van der Waals surface area contributed by atoms with E-state index >= 15 is 0 Å². The molecule has 1 aromatic heterocycles. The van der Waals surface area contributed by atoms with Crippen molar-refractivity contribution >= 4 is 11.1 Å². The van der Waals surface area contributed by atoms with Crippen LogP contribution < -0.4 is 14.8 Å². The molecule has 0 fully saturated rings. The molecule has 3 aromatic rings. The quantitative estimate of drug-likeness (QED) is 0.500. The van der Waals surface area contributed by atoms with Crippen LogP contribution in [0.2, 0.25) is 0 Å². The molecule has 2 aromatic carbocycles. The molecule has 0 amide bonds. The van der Waals surface area contributed by atoms with Crippen LogP contribution in [0.5, 0.6) is 11.5 Å². The number of aliphatic hydroxyl groups is 1. The Morgan fingerprint density at radius 2 is 1.93 bits per heavy atom. The Hall–Kier alpha value is -2.61. The Balaban J connectivity index is 1.51. The van der Waals surface area contributed by atoms with Crippen molar-refractivity contribution in [3.63, 3.8) is 0 Å². The first-order chi connectivity index (χ1) is 14.5. The van der Waals surface area contributed by atoms with Crippen molar-refractivity contribution in [2.75, 3.05) is 27.3 Å². The summed E-state index contributed by atoms with van der Waals surface area (Å²) in [5.41, 5.74) is 2.70. The highest BCUT2D eigenvalue weighted by Gasteiger charge is 2.13. The molecule has 3 rings (SSSR count). The monoisotopic (exact) mass is 413 g/mol. The third kappa shape index (κ3) is 5.95. The second-order valence-corrected chi connectivity index (χ2v) is 7.66. The predicted octanol–water partition coefficient (Wildman–Crippen LogP) is 3.21. The Kier molecular flexibility index (Phi) is 7.68. The van der Waals surface area contributed by atoms with Gasteiger partial charge in [0, 0.05) is 19.1 Å². The van der Waals surface area contributed by atoms with Gasteiger partial charge in [-0.2, -0.15) is 0 Å². The summed E-state index contributed by atoms with van der Waals surface area (Å²) in [7, 11) is 3.60. The minimum atomic E-state index is -0.570. The molecule has 0 saturated carbocycles. The number of likely N-dealkylation sites (N-methyl/N-ethyl adjacent to an activating group) is 1. The number of benzene rings is 2. The molecule has 162 valence electrons. The van der Waals surface area contributed by atoms with Crippen molar-refractivity contribution < 1.29 is 19.0 Å².